The molecule has 0 saturated heterocycles. The molecule has 1 heterocycles. The van der Waals surface area contributed by atoms with Gasteiger partial charge in [-0.1, -0.05) is 0 Å². The number of rotatable bonds is 7. The van der Waals surface area contributed by atoms with Crippen LogP contribution in [-0.4, -0.2) is 34.6 Å². The van der Waals surface area contributed by atoms with Gasteiger partial charge in [-0.3, -0.25) is 4.79 Å². The van der Waals surface area contributed by atoms with Gasteiger partial charge in [-0.2, -0.15) is 5.26 Å². The molecule has 6 heteroatoms. The van der Waals surface area contributed by atoms with E-state index in [1.165, 1.54) is 0 Å². The second kappa shape index (κ2) is 7.41. The summed E-state index contributed by atoms with van der Waals surface area (Å²) >= 11 is 0. The lowest BCUT2D eigenvalue weighted by molar-refractivity contribution is -0.120. The first-order valence-corrected chi connectivity index (χ1v) is 5.55. The van der Waals surface area contributed by atoms with E-state index >= 15 is 0 Å². The minimum Gasteiger partial charge on any atom is -0.354 e. The van der Waals surface area contributed by atoms with Gasteiger partial charge in [0.05, 0.1) is 25.4 Å². The summed E-state index contributed by atoms with van der Waals surface area (Å²) in [4.78, 5) is 15.3. The lowest BCUT2D eigenvalue weighted by Crippen LogP contribution is -2.39. The Hall–Kier alpha value is -1.87. The zero-order chi connectivity index (χ0) is 12.5. The van der Waals surface area contributed by atoms with Gasteiger partial charge >= 0.3 is 0 Å². The average molecular weight is 235 g/mol. The summed E-state index contributed by atoms with van der Waals surface area (Å²) in [5.41, 5.74) is 0. The monoisotopic (exact) mass is 235 g/mol. The third-order valence-electron chi connectivity index (χ3n) is 2.21. The summed E-state index contributed by atoms with van der Waals surface area (Å²) in [6, 6.07) is 2.16. The molecule has 0 radical (unpaired) electrons. The Morgan fingerprint density at radius 2 is 2.47 bits per heavy atom. The van der Waals surface area contributed by atoms with Crippen LogP contribution in [0.4, 0.5) is 0 Å². The maximum absolute atomic E-state index is 11.3. The van der Waals surface area contributed by atoms with Crippen molar-refractivity contribution in [1.82, 2.24) is 20.2 Å². The van der Waals surface area contributed by atoms with E-state index in [0.717, 1.165) is 6.54 Å². The number of hydrogen-bond donors (Lipinski definition) is 2. The Morgan fingerprint density at radius 1 is 1.65 bits per heavy atom. The third-order valence-corrected chi connectivity index (χ3v) is 2.21. The van der Waals surface area contributed by atoms with Crippen LogP contribution in [0.25, 0.3) is 0 Å². The minimum absolute atomic E-state index is 0.0854. The number of carbonyl (C=O) groups is 1. The van der Waals surface area contributed by atoms with E-state index in [1.807, 2.05) is 23.8 Å². The molecule has 1 unspecified atom stereocenters. The van der Waals surface area contributed by atoms with Crippen LogP contribution in [0.3, 0.4) is 0 Å². The minimum atomic E-state index is -0.0854. The van der Waals surface area contributed by atoms with Gasteiger partial charge in [0.1, 0.15) is 0 Å². The highest BCUT2D eigenvalue weighted by Crippen LogP contribution is 1.90. The highest BCUT2D eigenvalue weighted by atomic mass is 16.1. The molecule has 0 aliphatic heterocycles. The third kappa shape index (κ3) is 5.68. The standard InChI is InChI=1S/C11H17N5O/c1-10(8-16-6-5-13-9-16)15-7-11(17)14-4-2-3-12/h5-6,9-10,15H,2,4,7-8H2,1H3,(H,14,17). The summed E-state index contributed by atoms with van der Waals surface area (Å²) in [6.45, 7) is 3.45. The predicted molar refractivity (Wildman–Crippen MR) is 62.9 cm³/mol. The fourth-order valence-corrected chi connectivity index (χ4v) is 1.36. The first kappa shape index (κ1) is 13.2. The second-order valence-electron chi connectivity index (χ2n) is 3.80. The van der Waals surface area contributed by atoms with E-state index in [0.29, 0.717) is 13.0 Å². The lowest BCUT2D eigenvalue weighted by Gasteiger charge is -2.13. The first-order valence-electron chi connectivity index (χ1n) is 5.55. The summed E-state index contributed by atoms with van der Waals surface area (Å²) in [5.74, 6) is -0.0854. The summed E-state index contributed by atoms with van der Waals surface area (Å²) in [5, 5.41) is 14.1. The van der Waals surface area contributed by atoms with Crippen molar-refractivity contribution in [3.05, 3.63) is 18.7 Å². The van der Waals surface area contributed by atoms with Crippen molar-refractivity contribution in [2.24, 2.45) is 0 Å². The van der Waals surface area contributed by atoms with Crippen molar-refractivity contribution in [3.8, 4) is 6.07 Å². The zero-order valence-electron chi connectivity index (χ0n) is 9.89. The Morgan fingerprint density at radius 3 is 3.12 bits per heavy atom. The van der Waals surface area contributed by atoms with Crippen LogP contribution in [0.1, 0.15) is 13.3 Å². The van der Waals surface area contributed by atoms with E-state index in [9.17, 15) is 4.79 Å². The molecule has 0 fully saturated rings. The van der Waals surface area contributed by atoms with Crippen molar-refractivity contribution < 1.29 is 4.79 Å². The van der Waals surface area contributed by atoms with Gasteiger partial charge in [0.2, 0.25) is 5.91 Å². The molecule has 0 aromatic carbocycles. The smallest absolute Gasteiger partial charge is 0.233 e. The Balaban J connectivity index is 2.13. The molecule has 0 saturated carbocycles. The Bertz CT molecular complexity index is 368. The molecule has 6 nitrogen and oxygen atoms in total. The number of hydrogen-bond acceptors (Lipinski definition) is 4. The number of nitrogens with one attached hydrogen (secondary N) is 2. The molecule has 0 aliphatic rings. The molecule has 2 N–H and O–H groups in total. The van der Waals surface area contributed by atoms with Crippen LogP contribution in [-0.2, 0) is 11.3 Å². The van der Waals surface area contributed by atoms with Gasteiger partial charge in [0, 0.05) is 31.5 Å². The van der Waals surface area contributed by atoms with Gasteiger partial charge in [-0.25, -0.2) is 4.98 Å². The topological polar surface area (TPSA) is 82.7 Å². The van der Waals surface area contributed by atoms with Crippen molar-refractivity contribution in [2.45, 2.75) is 25.9 Å². The molecular formula is C11H17N5O. The fraction of sp³-hybridized carbons (Fsp3) is 0.545. The van der Waals surface area contributed by atoms with Crippen LogP contribution in [0.15, 0.2) is 18.7 Å². The van der Waals surface area contributed by atoms with Crippen molar-refractivity contribution in [2.75, 3.05) is 13.1 Å². The fourth-order valence-electron chi connectivity index (χ4n) is 1.36. The van der Waals surface area contributed by atoms with Crippen molar-refractivity contribution in [3.63, 3.8) is 0 Å². The SMILES string of the molecule is CC(Cn1ccnc1)NCC(=O)NCCC#N. The molecule has 0 bridgehead atoms. The van der Waals surface area contributed by atoms with E-state index < -0.39 is 0 Å². The lowest BCUT2D eigenvalue weighted by atomic mass is 10.3. The molecule has 0 spiro atoms. The van der Waals surface area contributed by atoms with E-state index in [4.69, 9.17) is 5.26 Å². The highest BCUT2D eigenvalue weighted by molar-refractivity contribution is 5.77. The number of nitriles is 1. The van der Waals surface area contributed by atoms with Crippen LogP contribution in [0, 0.1) is 11.3 Å². The van der Waals surface area contributed by atoms with Gasteiger partial charge < -0.3 is 15.2 Å². The van der Waals surface area contributed by atoms with Gasteiger partial charge in [0.15, 0.2) is 0 Å². The first-order chi connectivity index (χ1) is 8.22. The zero-order valence-corrected chi connectivity index (χ0v) is 9.89. The maximum Gasteiger partial charge on any atom is 0.233 e. The van der Waals surface area contributed by atoms with E-state index in [1.54, 1.807) is 12.5 Å². The van der Waals surface area contributed by atoms with E-state index in [2.05, 4.69) is 15.6 Å². The summed E-state index contributed by atoms with van der Waals surface area (Å²) in [6.07, 6.45) is 5.69. The average Bonchev–Trinajstić information content (AvgIpc) is 2.79. The molecule has 1 atom stereocenters. The molecular weight excluding hydrogens is 218 g/mol. The second-order valence-corrected chi connectivity index (χ2v) is 3.80. The quantitative estimate of drug-likeness (QED) is 0.646. The molecule has 92 valence electrons. The van der Waals surface area contributed by atoms with Crippen molar-refractivity contribution >= 4 is 5.91 Å². The van der Waals surface area contributed by atoms with Crippen LogP contribution in [0.5, 0.6) is 0 Å². The van der Waals surface area contributed by atoms with Crippen LogP contribution >= 0.6 is 0 Å². The number of carbonyl (C=O) groups excluding carboxylic acids is 1. The largest absolute Gasteiger partial charge is 0.354 e. The van der Waals surface area contributed by atoms with Crippen LogP contribution < -0.4 is 10.6 Å². The predicted octanol–water partition coefficient (Wildman–Crippen LogP) is -0.109. The number of nitrogens with zero attached hydrogens (tertiary/aromatic N) is 3. The van der Waals surface area contributed by atoms with E-state index in [-0.39, 0.29) is 18.5 Å². The summed E-state index contributed by atoms with van der Waals surface area (Å²) < 4.78 is 1.95. The number of amides is 1. The van der Waals surface area contributed by atoms with Gasteiger partial charge in [-0.15, -0.1) is 0 Å². The molecule has 1 amide bonds. The van der Waals surface area contributed by atoms with Gasteiger partial charge in [0.25, 0.3) is 0 Å². The molecule has 17 heavy (non-hydrogen) atoms. The molecule has 1 aromatic heterocycles. The molecule has 1 aromatic rings. The van der Waals surface area contributed by atoms with Gasteiger partial charge in [-0.05, 0) is 6.92 Å². The number of aromatic nitrogens is 2. The Labute approximate surface area is 101 Å². The Kier molecular flexibility index (Phi) is 5.75. The highest BCUT2D eigenvalue weighted by Gasteiger charge is 2.05. The van der Waals surface area contributed by atoms with Crippen molar-refractivity contribution in [1.29, 1.82) is 5.26 Å². The molecule has 1 rings (SSSR count). The van der Waals surface area contributed by atoms with Crippen LogP contribution in [0.2, 0.25) is 0 Å². The normalized spacial score (nSPS) is 11.8. The summed E-state index contributed by atoms with van der Waals surface area (Å²) in [7, 11) is 0. The number of imidazole rings is 1. The maximum atomic E-state index is 11.3. The molecule has 0 aliphatic carbocycles.